The quantitative estimate of drug-likeness (QED) is 0.537. The molecule has 0 spiro atoms. The van der Waals surface area contributed by atoms with Gasteiger partial charge in [0, 0.05) is 0 Å². The van der Waals surface area contributed by atoms with Crippen molar-refractivity contribution in [2.24, 2.45) is 0 Å². The van der Waals surface area contributed by atoms with Crippen molar-refractivity contribution in [3.63, 3.8) is 0 Å². The molecule has 0 fully saturated rings. The van der Waals surface area contributed by atoms with E-state index in [1.54, 1.807) is 6.33 Å². The molecule has 0 aromatic carbocycles. The minimum atomic E-state index is -1.37. The van der Waals surface area contributed by atoms with Gasteiger partial charge in [-0.1, -0.05) is 19.2 Å². The van der Waals surface area contributed by atoms with Crippen LogP contribution in [0.4, 0.5) is 0 Å². The zero-order chi connectivity index (χ0) is 8.32. The fourth-order valence-electron chi connectivity index (χ4n) is 0.989. The maximum absolute atomic E-state index is 4.15. The number of aromatic amines is 1. The third-order valence-corrected chi connectivity index (χ3v) is 4.54. The highest BCUT2D eigenvalue weighted by Gasteiger charge is 2.24. The molecule has 0 saturated heterocycles. The van der Waals surface area contributed by atoms with Gasteiger partial charge in [0.15, 0.2) is 0 Å². The van der Waals surface area contributed by atoms with Crippen LogP contribution in [0.3, 0.4) is 0 Å². The lowest BCUT2D eigenvalue weighted by molar-refractivity contribution is 1.10. The van der Waals surface area contributed by atoms with E-state index in [-0.39, 0.29) is 0 Å². The normalized spacial score (nSPS) is 11.5. The van der Waals surface area contributed by atoms with E-state index in [1.807, 2.05) is 6.08 Å². The van der Waals surface area contributed by atoms with Gasteiger partial charge in [0.25, 0.3) is 0 Å². The van der Waals surface area contributed by atoms with Crippen molar-refractivity contribution in [3.05, 3.63) is 19.0 Å². The van der Waals surface area contributed by atoms with Gasteiger partial charge >= 0.3 is 0 Å². The van der Waals surface area contributed by atoms with Gasteiger partial charge in [-0.25, -0.2) is 4.98 Å². The molecular weight excluding hydrogens is 154 g/mol. The summed E-state index contributed by atoms with van der Waals surface area (Å²) >= 11 is 0. The van der Waals surface area contributed by atoms with Crippen LogP contribution >= 0.6 is 0 Å². The first-order valence-electron chi connectivity index (χ1n) is 3.63. The molecule has 0 aliphatic carbocycles. The second-order valence-corrected chi connectivity index (χ2v) is 7.86. The van der Waals surface area contributed by atoms with Gasteiger partial charge in [0.2, 0.25) is 0 Å². The number of aromatic nitrogens is 3. The average Bonchev–Trinajstić information content (AvgIpc) is 2.37. The monoisotopic (exact) mass is 167 g/mol. The molecule has 1 aromatic rings. The van der Waals surface area contributed by atoms with Crippen molar-refractivity contribution in [1.82, 2.24) is 15.2 Å². The number of rotatable bonds is 3. The van der Waals surface area contributed by atoms with Crippen LogP contribution in [0.5, 0.6) is 0 Å². The van der Waals surface area contributed by atoms with E-state index in [2.05, 4.69) is 34.9 Å². The van der Waals surface area contributed by atoms with Crippen molar-refractivity contribution < 1.29 is 0 Å². The van der Waals surface area contributed by atoms with Crippen LogP contribution in [-0.4, -0.2) is 23.3 Å². The molecule has 1 aromatic heterocycles. The summed E-state index contributed by atoms with van der Waals surface area (Å²) in [5.74, 6) is 0. The van der Waals surface area contributed by atoms with Crippen molar-refractivity contribution in [2.45, 2.75) is 19.1 Å². The van der Waals surface area contributed by atoms with Crippen LogP contribution in [0.25, 0.3) is 0 Å². The summed E-state index contributed by atoms with van der Waals surface area (Å²) in [5.41, 5.74) is 1.05. The first-order valence-corrected chi connectivity index (χ1v) is 6.84. The summed E-state index contributed by atoms with van der Waals surface area (Å²) in [7, 11) is -1.37. The first-order chi connectivity index (χ1) is 5.17. The summed E-state index contributed by atoms with van der Waals surface area (Å²) in [6.45, 7) is 8.22. The molecule has 0 aliphatic heterocycles. The van der Waals surface area contributed by atoms with Gasteiger partial charge in [0.05, 0.1) is 0 Å². The van der Waals surface area contributed by atoms with Crippen LogP contribution in [0.2, 0.25) is 19.1 Å². The zero-order valence-electron chi connectivity index (χ0n) is 6.96. The Morgan fingerprint density at radius 3 is 2.91 bits per heavy atom. The standard InChI is InChI=1S/C7H13N3Si/c1-4-5-11(2,3)7-8-6-9-10-7/h4,6H,1,5H2,2-3H3,(H,8,9,10). The molecule has 0 radical (unpaired) electrons. The van der Waals surface area contributed by atoms with E-state index in [9.17, 15) is 0 Å². The molecule has 1 heterocycles. The Balaban J connectivity index is 2.81. The first kappa shape index (κ1) is 8.20. The molecule has 0 amide bonds. The molecule has 1 N–H and O–H groups in total. The summed E-state index contributed by atoms with van der Waals surface area (Å²) in [4.78, 5) is 4.15. The van der Waals surface area contributed by atoms with Crippen molar-refractivity contribution in [1.29, 1.82) is 0 Å². The minimum absolute atomic E-state index is 1.04. The van der Waals surface area contributed by atoms with E-state index < -0.39 is 8.07 Å². The van der Waals surface area contributed by atoms with Crippen LogP contribution in [0.1, 0.15) is 0 Å². The van der Waals surface area contributed by atoms with E-state index >= 15 is 0 Å². The smallest absolute Gasteiger partial charge is 0.137 e. The zero-order valence-corrected chi connectivity index (χ0v) is 7.96. The van der Waals surface area contributed by atoms with Crippen molar-refractivity contribution >= 4 is 13.5 Å². The Morgan fingerprint density at radius 2 is 2.45 bits per heavy atom. The topological polar surface area (TPSA) is 41.6 Å². The second-order valence-electron chi connectivity index (χ2n) is 3.21. The van der Waals surface area contributed by atoms with Crippen LogP contribution in [0.15, 0.2) is 19.0 Å². The molecule has 3 nitrogen and oxygen atoms in total. The van der Waals surface area contributed by atoms with E-state index in [0.29, 0.717) is 0 Å². The van der Waals surface area contributed by atoms with E-state index in [1.165, 1.54) is 0 Å². The van der Waals surface area contributed by atoms with Crippen molar-refractivity contribution in [2.75, 3.05) is 0 Å². The fourth-order valence-corrected chi connectivity index (χ4v) is 2.68. The van der Waals surface area contributed by atoms with Crippen LogP contribution in [-0.2, 0) is 0 Å². The molecule has 11 heavy (non-hydrogen) atoms. The Bertz CT molecular complexity index is 228. The van der Waals surface area contributed by atoms with Gasteiger partial charge in [0.1, 0.15) is 19.8 Å². The molecular formula is C7H13N3Si. The Labute approximate surface area is 67.6 Å². The number of nitrogens with zero attached hydrogens (tertiary/aromatic N) is 2. The Hall–Kier alpha value is -0.903. The Morgan fingerprint density at radius 1 is 1.73 bits per heavy atom. The maximum atomic E-state index is 4.15. The molecule has 0 atom stereocenters. The predicted molar refractivity (Wildman–Crippen MR) is 48.5 cm³/mol. The highest BCUT2D eigenvalue weighted by atomic mass is 28.3. The molecule has 0 bridgehead atoms. The second kappa shape index (κ2) is 3.00. The lowest BCUT2D eigenvalue weighted by Gasteiger charge is -2.15. The predicted octanol–water partition coefficient (Wildman–Crippen LogP) is 0.906. The van der Waals surface area contributed by atoms with Gasteiger partial charge in [-0.05, 0) is 6.04 Å². The summed E-state index contributed by atoms with van der Waals surface area (Å²) < 4.78 is 0. The third-order valence-electron chi connectivity index (χ3n) is 1.71. The number of hydrogen-bond acceptors (Lipinski definition) is 2. The SMILES string of the molecule is C=CC[Si](C)(C)c1ncn[nH]1. The van der Waals surface area contributed by atoms with Gasteiger partial charge in [-0.15, -0.1) is 6.58 Å². The number of nitrogens with one attached hydrogen (secondary N) is 1. The Kier molecular flexibility index (Phi) is 2.24. The number of H-pyrrole nitrogens is 1. The maximum Gasteiger partial charge on any atom is 0.137 e. The number of hydrogen-bond donors (Lipinski definition) is 1. The molecule has 0 unspecified atom stereocenters. The summed E-state index contributed by atoms with van der Waals surface area (Å²) in [5, 5.41) is 6.75. The minimum Gasteiger partial charge on any atom is -0.268 e. The van der Waals surface area contributed by atoms with Gasteiger partial charge in [-0.3, -0.25) is 5.10 Å². The van der Waals surface area contributed by atoms with E-state index in [0.717, 1.165) is 11.5 Å². The highest BCUT2D eigenvalue weighted by Crippen LogP contribution is 2.06. The average molecular weight is 167 g/mol. The molecule has 60 valence electrons. The highest BCUT2D eigenvalue weighted by molar-refractivity contribution is 6.88. The molecule has 0 saturated carbocycles. The molecule has 0 aliphatic rings. The van der Waals surface area contributed by atoms with Crippen molar-refractivity contribution in [3.8, 4) is 0 Å². The largest absolute Gasteiger partial charge is 0.268 e. The summed E-state index contributed by atoms with van der Waals surface area (Å²) in [6.07, 6.45) is 3.52. The lowest BCUT2D eigenvalue weighted by Crippen LogP contribution is -2.43. The lowest BCUT2D eigenvalue weighted by atomic mass is 10.8. The molecule has 1 rings (SSSR count). The van der Waals surface area contributed by atoms with Gasteiger partial charge in [-0.2, -0.15) is 5.10 Å². The van der Waals surface area contributed by atoms with Gasteiger partial charge < -0.3 is 0 Å². The van der Waals surface area contributed by atoms with Crippen LogP contribution in [0, 0.1) is 0 Å². The fraction of sp³-hybridized carbons (Fsp3) is 0.429. The molecule has 4 heteroatoms. The van der Waals surface area contributed by atoms with E-state index in [4.69, 9.17) is 0 Å². The number of allylic oxidation sites excluding steroid dienone is 1. The summed E-state index contributed by atoms with van der Waals surface area (Å²) in [6, 6.07) is 1.04. The third kappa shape index (κ3) is 1.77. The van der Waals surface area contributed by atoms with Crippen LogP contribution < -0.4 is 5.45 Å².